The van der Waals surface area contributed by atoms with E-state index in [2.05, 4.69) is 17.8 Å². The predicted molar refractivity (Wildman–Crippen MR) is 105 cm³/mol. The highest BCUT2D eigenvalue weighted by Gasteiger charge is 2.16. The molecule has 0 aromatic heterocycles. The van der Waals surface area contributed by atoms with Crippen LogP contribution in [0.3, 0.4) is 0 Å². The molecule has 2 amide bonds. The zero-order valence-corrected chi connectivity index (χ0v) is 16.5. The van der Waals surface area contributed by atoms with Crippen LogP contribution in [0.15, 0.2) is 18.2 Å². The molecule has 1 aliphatic rings. The van der Waals surface area contributed by atoms with Gasteiger partial charge in [-0.1, -0.05) is 45.4 Å². The molecule has 0 aliphatic heterocycles. The van der Waals surface area contributed by atoms with Gasteiger partial charge in [0.15, 0.2) is 11.5 Å². The third-order valence-corrected chi connectivity index (χ3v) is 5.00. The van der Waals surface area contributed by atoms with E-state index in [0.29, 0.717) is 36.0 Å². The maximum absolute atomic E-state index is 12.3. The van der Waals surface area contributed by atoms with Crippen molar-refractivity contribution in [2.75, 3.05) is 13.7 Å². The van der Waals surface area contributed by atoms with Crippen molar-refractivity contribution in [1.29, 1.82) is 0 Å². The summed E-state index contributed by atoms with van der Waals surface area (Å²) in [6.45, 7) is 2.70. The molecule has 6 nitrogen and oxygen atoms in total. The molecule has 0 saturated heterocycles. The number of carbonyl (C=O) groups excluding carboxylic acids is 2. The zero-order valence-electron chi connectivity index (χ0n) is 16.5. The lowest BCUT2D eigenvalue weighted by molar-refractivity contribution is -0.122. The molecule has 150 valence electrons. The molecule has 6 heteroatoms. The van der Waals surface area contributed by atoms with E-state index in [1.54, 1.807) is 18.2 Å². The highest BCUT2D eigenvalue weighted by Crippen LogP contribution is 2.28. The first-order valence-corrected chi connectivity index (χ1v) is 10.0. The van der Waals surface area contributed by atoms with Gasteiger partial charge in [-0.2, -0.15) is 0 Å². The molecule has 27 heavy (non-hydrogen) atoms. The van der Waals surface area contributed by atoms with Crippen LogP contribution >= 0.6 is 0 Å². The Morgan fingerprint density at radius 1 is 1.11 bits per heavy atom. The molecule has 0 spiro atoms. The van der Waals surface area contributed by atoms with Gasteiger partial charge >= 0.3 is 0 Å². The summed E-state index contributed by atoms with van der Waals surface area (Å²) in [5.41, 5.74) is 5.38. The summed E-state index contributed by atoms with van der Waals surface area (Å²) in [6, 6.07) is 4.99. The molecule has 1 aromatic carbocycles. The van der Waals surface area contributed by atoms with E-state index in [1.807, 2.05) is 0 Å². The van der Waals surface area contributed by atoms with Gasteiger partial charge < -0.3 is 9.47 Å². The highest BCUT2D eigenvalue weighted by atomic mass is 16.5. The molecule has 1 aromatic rings. The largest absolute Gasteiger partial charge is 0.493 e. The highest BCUT2D eigenvalue weighted by molar-refractivity contribution is 5.96. The number of benzene rings is 1. The second-order valence-electron chi connectivity index (χ2n) is 7.11. The number of carbonyl (C=O) groups is 2. The number of unbranched alkanes of at least 4 members (excludes halogenated alkanes) is 1. The quantitative estimate of drug-likeness (QED) is 0.504. The van der Waals surface area contributed by atoms with Crippen molar-refractivity contribution in [2.45, 2.75) is 64.7 Å². The number of hydrazine groups is 1. The van der Waals surface area contributed by atoms with Gasteiger partial charge in [-0.3, -0.25) is 20.4 Å². The molecular formula is C21H32N2O4. The van der Waals surface area contributed by atoms with E-state index < -0.39 is 0 Å². The van der Waals surface area contributed by atoms with E-state index in [0.717, 1.165) is 19.3 Å². The monoisotopic (exact) mass is 376 g/mol. The van der Waals surface area contributed by atoms with Gasteiger partial charge in [0.1, 0.15) is 0 Å². The number of hydrogen-bond acceptors (Lipinski definition) is 4. The van der Waals surface area contributed by atoms with Crippen LogP contribution in [-0.2, 0) is 4.79 Å². The summed E-state index contributed by atoms with van der Waals surface area (Å²) in [5.74, 6) is 1.23. The van der Waals surface area contributed by atoms with E-state index in [4.69, 9.17) is 9.47 Å². The fourth-order valence-corrected chi connectivity index (χ4v) is 3.33. The third kappa shape index (κ3) is 7.12. The van der Waals surface area contributed by atoms with E-state index in [-0.39, 0.29) is 11.8 Å². The first-order valence-electron chi connectivity index (χ1n) is 10.0. The van der Waals surface area contributed by atoms with E-state index >= 15 is 0 Å². The number of amides is 2. The van der Waals surface area contributed by atoms with E-state index in [1.165, 1.54) is 39.2 Å². The molecule has 0 atom stereocenters. The Morgan fingerprint density at radius 3 is 2.59 bits per heavy atom. The molecule has 0 heterocycles. The van der Waals surface area contributed by atoms with Crippen molar-refractivity contribution < 1.29 is 19.1 Å². The fraction of sp³-hybridized carbons (Fsp3) is 0.619. The van der Waals surface area contributed by atoms with Crippen molar-refractivity contribution in [3.05, 3.63) is 23.8 Å². The van der Waals surface area contributed by atoms with Gasteiger partial charge in [0.05, 0.1) is 13.7 Å². The van der Waals surface area contributed by atoms with Crippen LogP contribution in [0.1, 0.15) is 75.1 Å². The van der Waals surface area contributed by atoms with Crippen molar-refractivity contribution in [3.8, 4) is 11.5 Å². The minimum Gasteiger partial charge on any atom is -0.493 e. The Labute approximate surface area is 162 Å². The molecule has 0 radical (unpaired) electrons. The van der Waals surface area contributed by atoms with Crippen molar-refractivity contribution >= 4 is 11.8 Å². The number of methoxy groups -OCH3 is 1. The van der Waals surface area contributed by atoms with Gasteiger partial charge in [0.25, 0.3) is 5.91 Å². The van der Waals surface area contributed by atoms with Crippen molar-refractivity contribution in [1.82, 2.24) is 10.9 Å². The summed E-state index contributed by atoms with van der Waals surface area (Å²) in [4.78, 5) is 24.2. The standard InChI is InChI=1S/C21H32N2O4/c1-3-4-14-27-18-12-11-17(15-19(18)26-2)21(25)23-22-20(24)13-10-16-8-6-5-7-9-16/h11-12,15-16H,3-10,13-14H2,1-2H3,(H,22,24)(H,23,25). The van der Waals surface area contributed by atoms with Gasteiger partial charge in [-0.05, 0) is 37.0 Å². The smallest absolute Gasteiger partial charge is 0.269 e. The SMILES string of the molecule is CCCCOc1ccc(C(=O)NNC(=O)CCC2CCCCC2)cc1OC. The summed E-state index contributed by atoms with van der Waals surface area (Å²) >= 11 is 0. The summed E-state index contributed by atoms with van der Waals surface area (Å²) in [6.07, 6.45) is 9.61. The molecule has 0 bridgehead atoms. The Hall–Kier alpha value is -2.24. The second kappa shape index (κ2) is 11.5. The predicted octanol–water partition coefficient (Wildman–Crippen LogP) is 4.00. The van der Waals surface area contributed by atoms with Crippen LogP contribution in [0, 0.1) is 5.92 Å². The average Bonchev–Trinajstić information content (AvgIpc) is 2.71. The normalized spacial score (nSPS) is 14.4. The fourth-order valence-electron chi connectivity index (χ4n) is 3.33. The Kier molecular flexibility index (Phi) is 8.95. The first kappa shape index (κ1) is 21.1. The third-order valence-electron chi connectivity index (χ3n) is 5.00. The zero-order chi connectivity index (χ0) is 19.5. The maximum atomic E-state index is 12.3. The Morgan fingerprint density at radius 2 is 1.89 bits per heavy atom. The second-order valence-corrected chi connectivity index (χ2v) is 7.11. The number of ether oxygens (including phenoxy) is 2. The number of nitrogens with one attached hydrogen (secondary N) is 2. The van der Waals surface area contributed by atoms with Crippen LogP contribution in [0.4, 0.5) is 0 Å². The van der Waals surface area contributed by atoms with Crippen LogP contribution in [-0.4, -0.2) is 25.5 Å². The van der Waals surface area contributed by atoms with Crippen LogP contribution < -0.4 is 20.3 Å². The van der Waals surface area contributed by atoms with Crippen LogP contribution in [0.2, 0.25) is 0 Å². The lowest BCUT2D eigenvalue weighted by atomic mass is 9.86. The van der Waals surface area contributed by atoms with Crippen LogP contribution in [0.5, 0.6) is 11.5 Å². The molecule has 2 N–H and O–H groups in total. The number of hydrogen-bond donors (Lipinski definition) is 2. The molecule has 1 saturated carbocycles. The Balaban J connectivity index is 1.79. The summed E-state index contributed by atoms with van der Waals surface area (Å²) < 4.78 is 11.0. The van der Waals surface area contributed by atoms with Gasteiger partial charge in [0.2, 0.25) is 5.91 Å². The van der Waals surface area contributed by atoms with Gasteiger partial charge in [-0.25, -0.2) is 0 Å². The summed E-state index contributed by atoms with van der Waals surface area (Å²) in [7, 11) is 1.54. The van der Waals surface area contributed by atoms with E-state index in [9.17, 15) is 9.59 Å². The molecule has 1 fully saturated rings. The lowest BCUT2D eigenvalue weighted by Crippen LogP contribution is -2.41. The average molecular weight is 376 g/mol. The van der Waals surface area contributed by atoms with Crippen LogP contribution in [0.25, 0.3) is 0 Å². The Bertz CT molecular complexity index is 612. The topological polar surface area (TPSA) is 76.7 Å². The maximum Gasteiger partial charge on any atom is 0.269 e. The molecule has 2 rings (SSSR count). The van der Waals surface area contributed by atoms with Gasteiger partial charge in [0, 0.05) is 12.0 Å². The lowest BCUT2D eigenvalue weighted by Gasteiger charge is -2.21. The van der Waals surface area contributed by atoms with Crippen molar-refractivity contribution in [2.24, 2.45) is 5.92 Å². The molecule has 1 aliphatic carbocycles. The minimum atomic E-state index is -0.376. The van der Waals surface area contributed by atoms with Gasteiger partial charge in [-0.15, -0.1) is 0 Å². The minimum absolute atomic E-state index is 0.152. The molecular weight excluding hydrogens is 344 g/mol. The summed E-state index contributed by atoms with van der Waals surface area (Å²) in [5, 5.41) is 0. The first-order chi connectivity index (χ1) is 13.1. The molecule has 0 unspecified atom stereocenters. The van der Waals surface area contributed by atoms with Crippen molar-refractivity contribution in [3.63, 3.8) is 0 Å². The number of rotatable bonds is 9.